The van der Waals surface area contributed by atoms with Gasteiger partial charge in [0.15, 0.2) is 0 Å². The lowest BCUT2D eigenvalue weighted by molar-refractivity contribution is -0.0222. The summed E-state index contributed by atoms with van der Waals surface area (Å²) in [5, 5.41) is 4.22. The molecule has 0 bridgehead atoms. The van der Waals surface area contributed by atoms with Crippen LogP contribution in [0.4, 0.5) is 20.4 Å². The number of halogens is 3. The fourth-order valence-electron chi connectivity index (χ4n) is 5.13. The fraction of sp³-hybridized carbons (Fsp3) is 0.520. The van der Waals surface area contributed by atoms with Gasteiger partial charge in [-0.1, -0.05) is 5.16 Å². The minimum Gasteiger partial charge on any atom is -0.371 e. The number of alkyl halides is 2. The molecule has 35 heavy (non-hydrogen) atoms. The Labute approximate surface area is 216 Å². The molecular formula is C25H27F2IN6O. The van der Waals surface area contributed by atoms with Crippen LogP contribution in [0.15, 0.2) is 28.8 Å². The molecule has 3 fully saturated rings. The Kier molecular flexibility index (Phi) is 5.69. The molecule has 0 N–H and O–H groups in total. The third kappa shape index (κ3) is 4.73. The van der Waals surface area contributed by atoms with Gasteiger partial charge in [0.1, 0.15) is 5.69 Å². The highest BCUT2D eigenvalue weighted by molar-refractivity contribution is 14.1. The van der Waals surface area contributed by atoms with Gasteiger partial charge in [-0.3, -0.25) is 0 Å². The summed E-state index contributed by atoms with van der Waals surface area (Å²) in [4.78, 5) is 18.0. The number of rotatable bonds is 4. The van der Waals surface area contributed by atoms with E-state index in [1.165, 1.54) is 25.7 Å². The van der Waals surface area contributed by atoms with Crippen LogP contribution in [0.25, 0.3) is 23.0 Å². The lowest BCUT2D eigenvalue weighted by atomic mass is 9.93. The Hall–Kier alpha value is -2.37. The Morgan fingerprint density at radius 2 is 1.60 bits per heavy atom. The van der Waals surface area contributed by atoms with E-state index in [4.69, 9.17) is 9.51 Å². The number of hydrogen-bond acceptors (Lipinski definition) is 7. The van der Waals surface area contributed by atoms with Crippen molar-refractivity contribution in [3.05, 3.63) is 33.5 Å². The first-order chi connectivity index (χ1) is 16.8. The third-order valence-electron chi connectivity index (χ3n) is 7.59. The summed E-state index contributed by atoms with van der Waals surface area (Å²) in [6.45, 7) is 4.37. The molecule has 2 aromatic heterocycles. The van der Waals surface area contributed by atoms with Crippen LogP contribution >= 0.6 is 22.6 Å². The molecule has 1 saturated carbocycles. The smallest absolute Gasteiger partial charge is 0.260 e. The minimum absolute atomic E-state index is 0.195. The van der Waals surface area contributed by atoms with Crippen LogP contribution in [-0.2, 0) is 0 Å². The number of aryl methyl sites for hydroxylation is 1. The maximum Gasteiger partial charge on any atom is 0.260 e. The molecule has 184 valence electrons. The average Bonchev–Trinajstić information content (AvgIpc) is 3.39. The van der Waals surface area contributed by atoms with E-state index >= 15 is 0 Å². The van der Waals surface area contributed by atoms with Crippen LogP contribution in [-0.4, -0.2) is 52.2 Å². The second-order valence-corrected chi connectivity index (χ2v) is 11.4. The van der Waals surface area contributed by atoms with E-state index in [1.54, 1.807) is 11.0 Å². The fourth-order valence-corrected chi connectivity index (χ4v) is 5.60. The monoisotopic (exact) mass is 592 g/mol. The summed E-state index contributed by atoms with van der Waals surface area (Å²) in [5.74, 6) is -1.37. The molecule has 7 nitrogen and oxygen atoms in total. The average molecular weight is 592 g/mol. The van der Waals surface area contributed by atoms with E-state index in [1.807, 2.05) is 13.0 Å². The molecule has 3 aromatic rings. The van der Waals surface area contributed by atoms with Crippen molar-refractivity contribution in [2.24, 2.45) is 5.41 Å². The van der Waals surface area contributed by atoms with Crippen molar-refractivity contribution in [2.45, 2.75) is 51.4 Å². The second-order valence-electron chi connectivity index (χ2n) is 10.1. The maximum absolute atomic E-state index is 13.6. The van der Waals surface area contributed by atoms with Gasteiger partial charge < -0.3 is 14.3 Å². The molecule has 0 unspecified atom stereocenters. The molecule has 10 heteroatoms. The van der Waals surface area contributed by atoms with Crippen LogP contribution < -0.4 is 9.80 Å². The van der Waals surface area contributed by atoms with Gasteiger partial charge in [0, 0.05) is 48.3 Å². The van der Waals surface area contributed by atoms with Gasteiger partial charge in [0.25, 0.3) is 11.8 Å². The summed E-state index contributed by atoms with van der Waals surface area (Å²) < 4.78 is 34.1. The van der Waals surface area contributed by atoms with E-state index in [0.29, 0.717) is 28.8 Å². The lowest BCUT2D eigenvalue weighted by Crippen LogP contribution is -2.40. The summed E-state index contributed by atoms with van der Waals surface area (Å²) in [6, 6.07) is 8.07. The Morgan fingerprint density at radius 1 is 0.886 bits per heavy atom. The van der Waals surface area contributed by atoms with Crippen molar-refractivity contribution in [1.82, 2.24) is 20.1 Å². The quantitative estimate of drug-likeness (QED) is 0.359. The Balaban J connectivity index is 1.28. The Bertz CT molecular complexity index is 1240. The van der Waals surface area contributed by atoms with Crippen LogP contribution in [0.5, 0.6) is 0 Å². The zero-order chi connectivity index (χ0) is 24.2. The standard InChI is InChI=1S/C25H27F2IN6O/c1-16-14-19(30-23(29-16)34-12-8-25(26,27)9-13-34)21-31-22(35-32-21)18-3-2-17(28)15-20(18)33-10-6-24(4-5-24)7-11-33/h2-3,14-15H,4-13H2,1H3. The first-order valence-electron chi connectivity index (χ1n) is 12.2. The molecule has 0 atom stereocenters. The topological polar surface area (TPSA) is 71.2 Å². The molecule has 0 amide bonds. The Morgan fingerprint density at radius 3 is 2.31 bits per heavy atom. The number of aromatic nitrogens is 4. The van der Waals surface area contributed by atoms with E-state index in [2.05, 4.69) is 54.7 Å². The SMILES string of the molecule is Cc1cc(-c2noc(-c3ccc(I)cc3N3CCC4(CC3)CC4)n2)nc(N2CCC(F)(F)CC2)n1. The predicted molar refractivity (Wildman–Crippen MR) is 138 cm³/mol. The van der Waals surface area contributed by atoms with Gasteiger partial charge in [0.2, 0.25) is 11.8 Å². The normalized spacial score (nSPS) is 20.9. The molecule has 1 aliphatic carbocycles. The van der Waals surface area contributed by atoms with Gasteiger partial charge in [-0.25, -0.2) is 18.7 Å². The second kappa shape index (κ2) is 8.63. The van der Waals surface area contributed by atoms with Crippen molar-refractivity contribution < 1.29 is 13.3 Å². The molecular weight excluding hydrogens is 565 g/mol. The highest BCUT2D eigenvalue weighted by atomic mass is 127. The van der Waals surface area contributed by atoms with Crippen molar-refractivity contribution in [1.29, 1.82) is 0 Å². The molecule has 1 aromatic carbocycles. The minimum atomic E-state index is -2.62. The highest BCUT2D eigenvalue weighted by Crippen LogP contribution is 2.54. The van der Waals surface area contributed by atoms with E-state index in [-0.39, 0.29) is 25.9 Å². The van der Waals surface area contributed by atoms with Gasteiger partial charge in [0.05, 0.1) is 11.3 Å². The van der Waals surface area contributed by atoms with Gasteiger partial charge in [-0.05, 0) is 84.9 Å². The van der Waals surface area contributed by atoms with Crippen molar-refractivity contribution >= 4 is 34.2 Å². The van der Waals surface area contributed by atoms with Crippen LogP contribution in [0, 0.1) is 15.9 Å². The number of hydrogen-bond donors (Lipinski definition) is 0. The maximum atomic E-state index is 13.6. The van der Waals surface area contributed by atoms with Crippen molar-refractivity contribution in [3.8, 4) is 23.0 Å². The number of anilines is 2. The van der Waals surface area contributed by atoms with E-state index < -0.39 is 5.92 Å². The van der Waals surface area contributed by atoms with Crippen LogP contribution in [0.2, 0.25) is 0 Å². The largest absolute Gasteiger partial charge is 0.371 e. The molecule has 4 heterocycles. The number of benzene rings is 1. The number of nitrogens with zero attached hydrogens (tertiary/aromatic N) is 6. The zero-order valence-electron chi connectivity index (χ0n) is 19.6. The molecule has 2 aliphatic heterocycles. The summed E-state index contributed by atoms with van der Waals surface area (Å²) in [5.41, 5.74) is 3.89. The summed E-state index contributed by atoms with van der Waals surface area (Å²) in [7, 11) is 0. The molecule has 6 rings (SSSR count). The molecule has 0 radical (unpaired) electrons. The molecule has 2 saturated heterocycles. The van der Waals surface area contributed by atoms with Crippen molar-refractivity contribution in [2.75, 3.05) is 36.0 Å². The predicted octanol–water partition coefficient (Wildman–Crippen LogP) is 5.72. The zero-order valence-corrected chi connectivity index (χ0v) is 21.8. The first kappa shape index (κ1) is 23.1. The number of piperidine rings is 2. The van der Waals surface area contributed by atoms with Gasteiger partial charge in [-0.15, -0.1) is 0 Å². The van der Waals surface area contributed by atoms with Gasteiger partial charge >= 0.3 is 0 Å². The van der Waals surface area contributed by atoms with E-state index in [0.717, 1.165) is 33.6 Å². The van der Waals surface area contributed by atoms with Crippen LogP contribution in [0.3, 0.4) is 0 Å². The van der Waals surface area contributed by atoms with E-state index in [9.17, 15) is 8.78 Å². The van der Waals surface area contributed by atoms with Crippen LogP contribution in [0.1, 0.15) is 44.2 Å². The highest BCUT2D eigenvalue weighted by Gasteiger charge is 2.44. The molecule has 3 aliphatic rings. The third-order valence-corrected chi connectivity index (χ3v) is 8.26. The summed E-state index contributed by atoms with van der Waals surface area (Å²) in [6.07, 6.45) is 4.82. The lowest BCUT2D eigenvalue weighted by Gasteiger charge is -2.34. The van der Waals surface area contributed by atoms with Crippen molar-refractivity contribution in [3.63, 3.8) is 0 Å². The van der Waals surface area contributed by atoms with Gasteiger partial charge in [-0.2, -0.15) is 4.98 Å². The molecule has 1 spiro atoms. The first-order valence-corrected chi connectivity index (χ1v) is 13.2. The summed E-state index contributed by atoms with van der Waals surface area (Å²) >= 11 is 2.34.